The highest BCUT2D eigenvalue weighted by Gasteiger charge is 1.68. The second kappa shape index (κ2) is 6.02. The highest BCUT2D eigenvalue weighted by atomic mass is 32.2. The van der Waals surface area contributed by atoms with Crippen LogP contribution in [0.4, 0.5) is 0 Å². The summed E-state index contributed by atoms with van der Waals surface area (Å²) in [5.41, 5.74) is 1.88. The van der Waals surface area contributed by atoms with Gasteiger partial charge < -0.3 is 0 Å². The Morgan fingerprint density at radius 2 is 2.43 bits per heavy atom. The first kappa shape index (κ1) is 7.02. The first-order valence-corrected chi connectivity index (χ1v) is 3.71. The zero-order valence-corrected chi connectivity index (χ0v) is 5.66. The van der Waals surface area contributed by atoms with Crippen LogP contribution >= 0.6 is 11.8 Å². The molecule has 0 saturated carbocycles. The molecule has 0 aromatic rings. The molecule has 1 nitrogen and oxygen atoms in total. The molecule has 0 heterocycles. The molecule has 2 heteroatoms. The molecule has 0 radical (unpaired) electrons. The minimum absolute atomic E-state index is 0.973. The summed E-state index contributed by atoms with van der Waals surface area (Å²) in [5, 5.41) is 0. The Hall–Kier alpha value is 0.0200. The Labute approximate surface area is 49.2 Å². The Morgan fingerprint density at radius 1 is 1.71 bits per heavy atom. The van der Waals surface area contributed by atoms with E-state index in [-0.39, 0.29) is 0 Å². The molecule has 0 aliphatic carbocycles. The van der Waals surface area contributed by atoms with E-state index >= 15 is 0 Å². The van der Waals surface area contributed by atoms with Crippen LogP contribution in [0.2, 0.25) is 0 Å². The van der Waals surface area contributed by atoms with Crippen LogP contribution in [0.3, 0.4) is 0 Å². The van der Waals surface area contributed by atoms with Crippen molar-refractivity contribution in [3.05, 3.63) is 0 Å². The summed E-state index contributed by atoms with van der Waals surface area (Å²) in [7, 11) is 0. The first-order chi connectivity index (χ1) is 3.41. The molecule has 0 spiro atoms. The van der Waals surface area contributed by atoms with Gasteiger partial charge in [0.15, 0.2) is 0 Å². The molecule has 0 fully saturated rings. The molecule has 0 aliphatic heterocycles. The van der Waals surface area contributed by atoms with E-state index in [1.54, 1.807) is 11.8 Å². The number of rotatable bonds is 3. The van der Waals surface area contributed by atoms with Crippen molar-refractivity contribution in [1.29, 1.82) is 0 Å². The van der Waals surface area contributed by atoms with Gasteiger partial charge in [0.2, 0.25) is 0 Å². The molecule has 0 rings (SSSR count). The van der Waals surface area contributed by atoms with Crippen LogP contribution in [-0.4, -0.2) is 18.3 Å². The molecule has 0 atom stereocenters. The van der Waals surface area contributed by atoms with Crippen LogP contribution in [-0.2, 0) is 0 Å². The molecule has 0 unspecified atom stereocenters. The van der Waals surface area contributed by atoms with Crippen LogP contribution in [0, 0.1) is 0 Å². The summed E-state index contributed by atoms with van der Waals surface area (Å²) in [6.45, 7) is 3.10. The lowest BCUT2D eigenvalue weighted by molar-refractivity contribution is 0.939. The highest BCUT2D eigenvalue weighted by molar-refractivity contribution is 8.11. The molecule has 0 saturated heterocycles. The van der Waals surface area contributed by atoms with Crippen molar-refractivity contribution in [3.63, 3.8) is 0 Å². The van der Waals surface area contributed by atoms with Crippen molar-refractivity contribution in [2.75, 3.05) is 12.8 Å². The number of thioether (sulfide) groups is 1. The normalized spacial score (nSPS) is 10.6. The van der Waals surface area contributed by atoms with Crippen molar-refractivity contribution in [3.8, 4) is 0 Å². The molecule has 0 bridgehead atoms. The second-order valence-corrected chi connectivity index (χ2v) is 1.93. The number of hydrogen-bond donors (Lipinski definition) is 0. The smallest absolute Gasteiger partial charge is 0.0538 e. The van der Waals surface area contributed by atoms with Gasteiger partial charge in [0.25, 0.3) is 0 Å². The molecular weight excluding hydrogens is 106 g/mol. The van der Waals surface area contributed by atoms with Gasteiger partial charge in [0.05, 0.1) is 5.55 Å². The third-order valence-electron chi connectivity index (χ3n) is 0.533. The van der Waals surface area contributed by atoms with Gasteiger partial charge in [-0.3, -0.25) is 4.99 Å². The Bertz CT molecular complexity index is 52.0. The van der Waals surface area contributed by atoms with E-state index in [0.717, 1.165) is 13.0 Å². The fourth-order valence-electron chi connectivity index (χ4n) is 0.256. The molecule has 7 heavy (non-hydrogen) atoms. The maximum atomic E-state index is 4.05. The van der Waals surface area contributed by atoms with Crippen molar-refractivity contribution in [1.82, 2.24) is 0 Å². The van der Waals surface area contributed by atoms with Gasteiger partial charge in [-0.1, -0.05) is 6.92 Å². The van der Waals surface area contributed by atoms with Gasteiger partial charge in [-0.2, -0.15) is 0 Å². The Kier molecular flexibility index (Phi) is 6.04. The summed E-state index contributed by atoms with van der Waals surface area (Å²) < 4.78 is 0. The predicted molar refractivity (Wildman–Crippen MR) is 37.2 cm³/mol. The minimum atomic E-state index is 0.973. The van der Waals surface area contributed by atoms with Crippen molar-refractivity contribution >= 4 is 17.3 Å². The van der Waals surface area contributed by atoms with Crippen LogP contribution in [0.25, 0.3) is 0 Å². The van der Waals surface area contributed by atoms with Gasteiger partial charge >= 0.3 is 0 Å². The van der Waals surface area contributed by atoms with Gasteiger partial charge in [-0.25, -0.2) is 0 Å². The number of aliphatic imine (C=N–C) groups is 1. The van der Waals surface area contributed by atoms with Gasteiger partial charge in [0, 0.05) is 6.54 Å². The minimum Gasteiger partial charge on any atom is -0.286 e. The molecule has 42 valence electrons. The maximum Gasteiger partial charge on any atom is 0.0538 e. The van der Waals surface area contributed by atoms with E-state index in [0.29, 0.717) is 0 Å². The quantitative estimate of drug-likeness (QED) is 0.405. The fourth-order valence-corrected chi connectivity index (χ4v) is 0.511. The van der Waals surface area contributed by atoms with Crippen molar-refractivity contribution in [2.24, 2.45) is 4.99 Å². The zero-order chi connectivity index (χ0) is 5.54. The highest BCUT2D eigenvalue weighted by Crippen LogP contribution is 1.83. The van der Waals surface area contributed by atoms with E-state index in [1.807, 2.05) is 11.8 Å². The summed E-state index contributed by atoms with van der Waals surface area (Å²) >= 11 is 1.65. The van der Waals surface area contributed by atoms with E-state index < -0.39 is 0 Å². The van der Waals surface area contributed by atoms with Crippen LogP contribution in [0.5, 0.6) is 0 Å². The second-order valence-electron chi connectivity index (χ2n) is 1.25. The average Bonchev–Trinajstić information content (AvgIpc) is 1.69. The van der Waals surface area contributed by atoms with Crippen LogP contribution < -0.4 is 0 Å². The van der Waals surface area contributed by atoms with Crippen LogP contribution in [0.15, 0.2) is 4.99 Å². The third kappa shape index (κ3) is 6.02. The standard InChI is InChI=1S/C5H11NS/c1-3-4-6-5-7-2/h5H,3-4H2,1-2H3/b6-5-. The monoisotopic (exact) mass is 117 g/mol. The SMILES string of the molecule is CCC/N=C\SC. The Morgan fingerprint density at radius 3 is 2.86 bits per heavy atom. The molecule has 0 aromatic carbocycles. The molecule has 0 N–H and O–H groups in total. The molecular formula is C5H11NS. The van der Waals surface area contributed by atoms with Gasteiger partial charge in [-0.05, 0) is 12.7 Å². The summed E-state index contributed by atoms with van der Waals surface area (Å²) in [6.07, 6.45) is 3.16. The fraction of sp³-hybridized carbons (Fsp3) is 0.800. The summed E-state index contributed by atoms with van der Waals surface area (Å²) in [6, 6.07) is 0. The maximum absolute atomic E-state index is 4.05. The van der Waals surface area contributed by atoms with E-state index in [4.69, 9.17) is 0 Å². The molecule has 0 aromatic heterocycles. The largest absolute Gasteiger partial charge is 0.286 e. The molecule has 0 aliphatic rings. The molecule has 0 amide bonds. The number of hydrogen-bond acceptors (Lipinski definition) is 2. The van der Waals surface area contributed by atoms with Crippen molar-refractivity contribution in [2.45, 2.75) is 13.3 Å². The van der Waals surface area contributed by atoms with Gasteiger partial charge in [0.1, 0.15) is 0 Å². The zero-order valence-electron chi connectivity index (χ0n) is 4.85. The van der Waals surface area contributed by atoms with Gasteiger partial charge in [-0.15, -0.1) is 11.8 Å². The third-order valence-corrected chi connectivity index (χ3v) is 0.893. The summed E-state index contributed by atoms with van der Waals surface area (Å²) in [5.74, 6) is 0. The van der Waals surface area contributed by atoms with Crippen molar-refractivity contribution < 1.29 is 0 Å². The lowest BCUT2D eigenvalue weighted by Crippen LogP contribution is -1.72. The number of nitrogens with zero attached hydrogens (tertiary/aromatic N) is 1. The Balaban J connectivity index is 2.78. The first-order valence-electron chi connectivity index (χ1n) is 2.43. The lowest BCUT2D eigenvalue weighted by Gasteiger charge is -1.80. The lowest BCUT2D eigenvalue weighted by atomic mass is 10.5. The van der Waals surface area contributed by atoms with E-state index in [1.165, 1.54) is 0 Å². The van der Waals surface area contributed by atoms with Crippen LogP contribution in [0.1, 0.15) is 13.3 Å². The topological polar surface area (TPSA) is 12.4 Å². The average molecular weight is 117 g/mol. The predicted octanol–water partition coefficient (Wildman–Crippen LogP) is 1.79. The van der Waals surface area contributed by atoms with E-state index in [9.17, 15) is 0 Å². The van der Waals surface area contributed by atoms with E-state index in [2.05, 4.69) is 11.9 Å². The summed E-state index contributed by atoms with van der Waals surface area (Å²) in [4.78, 5) is 4.05.